The third kappa shape index (κ3) is 3.55. The Morgan fingerprint density at radius 3 is 2.72 bits per heavy atom. The number of furan rings is 1. The van der Waals surface area contributed by atoms with Crippen molar-refractivity contribution in [2.45, 2.75) is 33.2 Å². The molecule has 32 heavy (non-hydrogen) atoms. The molecule has 1 fully saturated rings. The first-order valence-corrected chi connectivity index (χ1v) is 11.1. The van der Waals surface area contributed by atoms with E-state index in [0.717, 1.165) is 31.7 Å². The SMILES string of the molecule is Cc1cccc(N2CCN(C(=O)CCCn3ncn4c(cc5occc54)c3=O)CC2)c1C. The number of amides is 1. The molecule has 0 atom stereocenters. The van der Waals surface area contributed by atoms with E-state index in [4.69, 9.17) is 4.42 Å². The summed E-state index contributed by atoms with van der Waals surface area (Å²) < 4.78 is 8.54. The molecular formula is C24H27N5O3. The summed E-state index contributed by atoms with van der Waals surface area (Å²) >= 11 is 0. The number of aryl methyl sites for hydroxylation is 2. The predicted octanol–water partition coefficient (Wildman–Crippen LogP) is 2.99. The minimum absolute atomic E-state index is 0.139. The van der Waals surface area contributed by atoms with Gasteiger partial charge in [0.05, 0.1) is 11.8 Å². The molecule has 1 aromatic carbocycles. The van der Waals surface area contributed by atoms with Crippen molar-refractivity contribution in [2.75, 3.05) is 31.1 Å². The quantitative estimate of drug-likeness (QED) is 0.484. The molecule has 0 radical (unpaired) electrons. The van der Waals surface area contributed by atoms with Crippen LogP contribution in [0.1, 0.15) is 24.0 Å². The highest BCUT2D eigenvalue weighted by Gasteiger charge is 2.22. The molecule has 8 heteroatoms. The van der Waals surface area contributed by atoms with Crippen molar-refractivity contribution in [2.24, 2.45) is 0 Å². The molecule has 8 nitrogen and oxygen atoms in total. The number of piperazine rings is 1. The van der Waals surface area contributed by atoms with Crippen molar-refractivity contribution in [3.8, 4) is 0 Å². The zero-order valence-electron chi connectivity index (χ0n) is 18.5. The summed E-state index contributed by atoms with van der Waals surface area (Å²) in [4.78, 5) is 29.7. The van der Waals surface area contributed by atoms with Crippen molar-refractivity contribution < 1.29 is 9.21 Å². The first-order valence-electron chi connectivity index (χ1n) is 11.1. The Balaban J connectivity index is 1.17. The number of carbonyl (C=O) groups excluding carboxylic acids is 1. The number of benzene rings is 1. The van der Waals surface area contributed by atoms with Crippen LogP contribution in [0.15, 0.2) is 52.1 Å². The minimum atomic E-state index is -0.173. The molecule has 0 saturated carbocycles. The number of aromatic nitrogens is 3. The fourth-order valence-corrected chi connectivity index (χ4v) is 4.50. The minimum Gasteiger partial charge on any atom is -0.463 e. The maximum Gasteiger partial charge on any atom is 0.291 e. The van der Waals surface area contributed by atoms with E-state index < -0.39 is 0 Å². The predicted molar refractivity (Wildman–Crippen MR) is 123 cm³/mol. The molecule has 0 bridgehead atoms. The number of nitrogens with zero attached hydrogens (tertiary/aromatic N) is 5. The summed E-state index contributed by atoms with van der Waals surface area (Å²) in [5.74, 6) is 0.139. The van der Waals surface area contributed by atoms with Crippen molar-refractivity contribution in [1.29, 1.82) is 0 Å². The Morgan fingerprint density at radius 2 is 1.91 bits per heavy atom. The number of fused-ring (bicyclic) bond motifs is 3. The van der Waals surface area contributed by atoms with Gasteiger partial charge >= 0.3 is 0 Å². The van der Waals surface area contributed by atoms with Crippen molar-refractivity contribution in [3.05, 3.63) is 64.4 Å². The van der Waals surface area contributed by atoms with Crippen molar-refractivity contribution >= 4 is 28.2 Å². The van der Waals surface area contributed by atoms with Crippen LogP contribution in [0, 0.1) is 13.8 Å². The van der Waals surface area contributed by atoms with E-state index in [2.05, 4.69) is 42.0 Å². The summed E-state index contributed by atoms with van der Waals surface area (Å²) in [6.07, 6.45) is 4.21. The second-order valence-electron chi connectivity index (χ2n) is 8.42. The molecule has 5 rings (SSSR count). The molecule has 166 valence electrons. The van der Waals surface area contributed by atoms with E-state index in [1.807, 2.05) is 11.0 Å². The molecule has 0 unspecified atom stereocenters. The van der Waals surface area contributed by atoms with Gasteiger partial charge in [-0.1, -0.05) is 12.1 Å². The van der Waals surface area contributed by atoms with Gasteiger partial charge in [0.15, 0.2) is 5.58 Å². The van der Waals surface area contributed by atoms with Gasteiger partial charge in [0.2, 0.25) is 5.91 Å². The standard InChI is InChI=1S/C24H27N5O3/c1-17-5-3-6-19(18(17)2)26-10-12-27(13-11-26)23(30)7-4-9-29-24(31)21-15-22-20(8-14-32-22)28(21)16-25-29/h3,5-6,8,14-16H,4,7,9-13H2,1-2H3. The number of rotatable bonds is 5. The van der Waals surface area contributed by atoms with Gasteiger partial charge < -0.3 is 14.2 Å². The van der Waals surface area contributed by atoms with Crippen molar-refractivity contribution in [3.63, 3.8) is 0 Å². The monoisotopic (exact) mass is 433 g/mol. The van der Waals surface area contributed by atoms with Gasteiger partial charge in [0, 0.05) is 57.0 Å². The van der Waals surface area contributed by atoms with Gasteiger partial charge in [-0.2, -0.15) is 5.10 Å². The van der Waals surface area contributed by atoms with Crippen molar-refractivity contribution in [1.82, 2.24) is 19.1 Å². The smallest absolute Gasteiger partial charge is 0.291 e. The number of hydrogen-bond donors (Lipinski definition) is 0. The number of carbonyl (C=O) groups is 1. The van der Waals surface area contributed by atoms with Gasteiger partial charge in [-0.25, -0.2) is 4.68 Å². The topological polar surface area (TPSA) is 76.0 Å². The van der Waals surface area contributed by atoms with Crippen LogP contribution in [-0.2, 0) is 11.3 Å². The van der Waals surface area contributed by atoms with Crippen LogP contribution in [0.2, 0.25) is 0 Å². The van der Waals surface area contributed by atoms with Gasteiger partial charge in [0.25, 0.3) is 5.56 Å². The lowest BCUT2D eigenvalue weighted by atomic mass is 10.1. The van der Waals surface area contributed by atoms with E-state index in [1.54, 1.807) is 23.1 Å². The summed E-state index contributed by atoms with van der Waals surface area (Å²) in [7, 11) is 0. The number of anilines is 1. The Labute approximate surface area is 185 Å². The second kappa shape index (κ2) is 8.18. The highest BCUT2D eigenvalue weighted by atomic mass is 16.3. The van der Waals surface area contributed by atoms with Gasteiger partial charge in [0.1, 0.15) is 11.8 Å². The lowest BCUT2D eigenvalue weighted by Gasteiger charge is -2.37. The van der Waals surface area contributed by atoms with E-state index in [-0.39, 0.29) is 11.5 Å². The van der Waals surface area contributed by atoms with Gasteiger partial charge in [-0.15, -0.1) is 0 Å². The van der Waals surface area contributed by atoms with Crippen LogP contribution < -0.4 is 10.5 Å². The highest BCUT2D eigenvalue weighted by Crippen LogP contribution is 2.24. The van der Waals surface area contributed by atoms with E-state index >= 15 is 0 Å². The van der Waals surface area contributed by atoms with Crippen LogP contribution >= 0.6 is 0 Å². The Kier molecular flexibility index (Phi) is 5.20. The molecular weight excluding hydrogens is 406 g/mol. The molecule has 0 aliphatic carbocycles. The summed E-state index contributed by atoms with van der Waals surface area (Å²) in [5, 5.41) is 4.27. The molecule has 4 aromatic rings. The van der Waals surface area contributed by atoms with Crippen LogP contribution in [0.25, 0.3) is 16.6 Å². The fourth-order valence-electron chi connectivity index (χ4n) is 4.50. The zero-order valence-corrected chi connectivity index (χ0v) is 18.5. The van der Waals surface area contributed by atoms with E-state index in [0.29, 0.717) is 30.5 Å². The Bertz CT molecular complexity index is 1340. The first kappa shape index (κ1) is 20.4. The van der Waals surface area contributed by atoms with Crippen LogP contribution in [0.5, 0.6) is 0 Å². The molecule has 1 aliphatic heterocycles. The third-order valence-corrected chi connectivity index (χ3v) is 6.53. The molecule has 0 spiro atoms. The van der Waals surface area contributed by atoms with Gasteiger partial charge in [-0.05, 0) is 37.5 Å². The highest BCUT2D eigenvalue weighted by molar-refractivity contribution is 5.81. The summed E-state index contributed by atoms with van der Waals surface area (Å²) in [6, 6.07) is 9.92. The molecule has 4 heterocycles. The van der Waals surface area contributed by atoms with E-state index in [1.165, 1.54) is 21.5 Å². The fraction of sp³-hybridized carbons (Fsp3) is 0.375. The maximum atomic E-state index is 12.7. The summed E-state index contributed by atoms with van der Waals surface area (Å²) in [6.45, 7) is 7.81. The normalized spacial score (nSPS) is 14.6. The van der Waals surface area contributed by atoms with Crippen LogP contribution in [-0.4, -0.2) is 51.2 Å². The lowest BCUT2D eigenvalue weighted by molar-refractivity contribution is -0.131. The van der Waals surface area contributed by atoms with Crippen LogP contribution in [0.4, 0.5) is 5.69 Å². The first-order chi connectivity index (χ1) is 15.5. The molecule has 1 amide bonds. The lowest BCUT2D eigenvalue weighted by Crippen LogP contribution is -2.49. The Morgan fingerprint density at radius 1 is 1.09 bits per heavy atom. The maximum absolute atomic E-state index is 12.7. The summed E-state index contributed by atoms with van der Waals surface area (Å²) in [5.41, 5.74) is 5.70. The molecule has 3 aromatic heterocycles. The van der Waals surface area contributed by atoms with Gasteiger partial charge in [-0.3, -0.25) is 14.0 Å². The zero-order chi connectivity index (χ0) is 22.2. The Hall–Kier alpha value is -3.55. The number of hydrogen-bond acceptors (Lipinski definition) is 5. The average Bonchev–Trinajstić information content (AvgIpc) is 3.39. The molecule has 0 N–H and O–H groups in total. The molecule has 1 saturated heterocycles. The average molecular weight is 434 g/mol. The van der Waals surface area contributed by atoms with Crippen LogP contribution in [0.3, 0.4) is 0 Å². The van der Waals surface area contributed by atoms with E-state index in [9.17, 15) is 9.59 Å². The third-order valence-electron chi connectivity index (χ3n) is 6.53. The molecule has 1 aliphatic rings. The largest absolute Gasteiger partial charge is 0.463 e. The second-order valence-corrected chi connectivity index (χ2v) is 8.42.